The van der Waals surface area contributed by atoms with Crippen molar-refractivity contribution < 1.29 is 18.8 Å². The normalized spacial score (nSPS) is 19.2. The summed E-state index contributed by atoms with van der Waals surface area (Å²) in [6.45, 7) is 0. The van der Waals surface area contributed by atoms with Gasteiger partial charge >= 0.3 is 6.03 Å². The molecule has 1 aliphatic rings. The fourth-order valence-corrected chi connectivity index (χ4v) is 2.80. The quantitative estimate of drug-likeness (QED) is 0.729. The topological polar surface area (TPSA) is 87.3 Å². The summed E-state index contributed by atoms with van der Waals surface area (Å²) in [6.07, 6.45) is 0.0988. The second kappa shape index (κ2) is 6.72. The van der Waals surface area contributed by atoms with Gasteiger partial charge in [-0.05, 0) is 36.2 Å². The van der Waals surface area contributed by atoms with Gasteiger partial charge in [0, 0.05) is 12.1 Å². The lowest BCUT2D eigenvalue weighted by Crippen LogP contribution is -2.44. The van der Waals surface area contributed by atoms with Gasteiger partial charge < -0.3 is 10.6 Å². The Morgan fingerprint density at radius 3 is 2.32 bits per heavy atom. The van der Waals surface area contributed by atoms with E-state index in [4.69, 9.17) is 0 Å². The van der Waals surface area contributed by atoms with Gasteiger partial charge in [0.25, 0.3) is 5.91 Å². The second-order valence-corrected chi connectivity index (χ2v) is 5.73. The summed E-state index contributed by atoms with van der Waals surface area (Å²) < 4.78 is 12.9. The van der Waals surface area contributed by atoms with E-state index in [2.05, 4.69) is 16.0 Å². The van der Waals surface area contributed by atoms with Crippen molar-refractivity contribution in [2.24, 2.45) is 0 Å². The average Bonchev–Trinajstić information content (AvgIpc) is 2.90. The summed E-state index contributed by atoms with van der Waals surface area (Å²) in [4.78, 5) is 36.1. The SMILES string of the molecule is O=C(CCC1(c2ccccc2)NC(=O)NC1=O)Nc1ccc(F)cc1. The largest absolute Gasteiger partial charge is 0.326 e. The highest BCUT2D eigenvalue weighted by atomic mass is 19.1. The van der Waals surface area contributed by atoms with Crippen molar-refractivity contribution in [2.75, 3.05) is 5.32 Å². The van der Waals surface area contributed by atoms with Crippen LogP contribution >= 0.6 is 0 Å². The zero-order valence-electron chi connectivity index (χ0n) is 13.2. The van der Waals surface area contributed by atoms with E-state index in [0.29, 0.717) is 11.3 Å². The van der Waals surface area contributed by atoms with Crippen molar-refractivity contribution in [3.63, 3.8) is 0 Å². The maximum absolute atomic E-state index is 12.9. The van der Waals surface area contributed by atoms with Gasteiger partial charge in [-0.15, -0.1) is 0 Å². The third-order valence-electron chi connectivity index (χ3n) is 4.06. The number of benzene rings is 2. The van der Waals surface area contributed by atoms with Gasteiger partial charge in [-0.1, -0.05) is 30.3 Å². The third-order valence-corrected chi connectivity index (χ3v) is 4.06. The van der Waals surface area contributed by atoms with Crippen LogP contribution in [0, 0.1) is 5.82 Å². The molecule has 2 aromatic carbocycles. The Balaban J connectivity index is 1.73. The zero-order chi connectivity index (χ0) is 17.9. The number of halogens is 1. The molecule has 1 heterocycles. The molecule has 0 aliphatic carbocycles. The summed E-state index contributed by atoms with van der Waals surface area (Å²) >= 11 is 0. The molecule has 0 aromatic heterocycles. The first-order chi connectivity index (χ1) is 12.0. The number of carbonyl (C=O) groups is 3. The molecule has 0 saturated carbocycles. The number of hydrogen-bond donors (Lipinski definition) is 3. The van der Waals surface area contributed by atoms with E-state index in [0.717, 1.165) is 0 Å². The molecule has 6 nitrogen and oxygen atoms in total. The predicted octanol–water partition coefficient (Wildman–Crippen LogP) is 2.28. The molecule has 3 rings (SSSR count). The number of nitrogens with one attached hydrogen (secondary N) is 3. The van der Waals surface area contributed by atoms with Gasteiger partial charge in [-0.2, -0.15) is 0 Å². The smallest absolute Gasteiger partial charge is 0.322 e. The Kier molecular flexibility index (Phi) is 4.47. The summed E-state index contributed by atoms with van der Waals surface area (Å²) in [5.41, 5.74) is -0.216. The molecule has 25 heavy (non-hydrogen) atoms. The standard InChI is InChI=1S/C18H16FN3O3/c19-13-6-8-14(9-7-13)20-15(23)10-11-18(12-4-2-1-3-5-12)16(24)21-17(25)22-18/h1-9H,10-11H2,(H,20,23)(H2,21,22,24,25). The lowest BCUT2D eigenvalue weighted by molar-refractivity contribution is -0.125. The highest BCUT2D eigenvalue weighted by molar-refractivity contribution is 6.07. The average molecular weight is 341 g/mol. The Morgan fingerprint density at radius 1 is 1.04 bits per heavy atom. The van der Waals surface area contributed by atoms with E-state index in [-0.39, 0.29) is 18.7 Å². The van der Waals surface area contributed by atoms with Crippen LogP contribution in [0.1, 0.15) is 18.4 Å². The van der Waals surface area contributed by atoms with E-state index < -0.39 is 23.3 Å². The van der Waals surface area contributed by atoms with Crippen molar-refractivity contribution in [1.29, 1.82) is 0 Å². The Morgan fingerprint density at radius 2 is 1.72 bits per heavy atom. The molecule has 1 fully saturated rings. The number of imide groups is 1. The first-order valence-electron chi connectivity index (χ1n) is 7.74. The van der Waals surface area contributed by atoms with Crippen molar-refractivity contribution in [2.45, 2.75) is 18.4 Å². The van der Waals surface area contributed by atoms with Crippen LogP contribution < -0.4 is 16.0 Å². The van der Waals surface area contributed by atoms with E-state index in [1.54, 1.807) is 30.3 Å². The molecule has 7 heteroatoms. The van der Waals surface area contributed by atoms with Gasteiger partial charge in [0.2, 0.25) is 5.91 Å². The summed E-state index contributed by atoms with van der Waals surface area (Å²) in [7, 11) is 0. The Labute approximate surface area is 143 Å². The zero-order valence-corrected chi connectivity index (χ0v) is 13.2. The van der Waals surface area contributed by atoms with Gasteiger partial charge in [0.05, 0.1) is 0 Å². The van der Waals surface area contributed by atoms with Gasteiger partial charge in [-0.3, -0.25) is 14.9 Å². The van der Waals surface area contributed by atoms with E-state index in [9.17, 15) is 18.8 Å². The molecule has 0 spiro atoms. The fraction of sp³-hybridized carbons (Fsp3) is 0.167. The minimum atomic E-state index is -1.28. The monoisotopic (exact) mass is 341 g/mol. The minimum Gasteiger partial charge on any atom is -0.326 e. The van der Waals surface area contributed by atoms with Gasteiger partial charge in [0.15, 0.2) is 0 Å². The fourth-order valence-electron chi connectivity index (χ4n) is 2.80. The molecule has 128 valence electrons. The first-order valence-corrected chi connectivity index (χ1v) is 7.74. The molecular weight excluding hydrogens is 325 g/mol. The molecule has 0 bridgehead atoms. The molecule has 3 N–H and O–H groups in total. The second-order valence-electron chi connectivity index (χ2n) is 5.73. The Hall–Kier alpha value is -3.22. The van der Waals surface area contributed by atoms with Crippen LogP contribution in [-0.2, 0) is 15.1 Å². The molecule has 4 amide bonds. The van der Waals surface area contributed by atoms with Gasteiger partial charge in [0.1, 0.15) is 11.4 Å². The van der Waals surface area contributed by atoms with Crippen LogP contribution in [0.4, 0.5) is 14.9 Å². The molecule has 0 radical (unpaired) electrons. The number of anilines is 1. The molecule has 2 aromatic rings. The number of rotatable bonds is 5. The van der Waals surface area contributed by atoms with Gasteiger partial charge in [-0.25, -0.2) is 9.18 Å². The van der Waals surface area contributed by atoms with Crippen LogP contribution in [0.15, 0.2) is 54.6 Å². The first kappa shape index (κ1) is 16.6. The number of amides is 4. The van der Waals surface area contributed by atoms with E-state index in [1.165, 1.54) is 24.3 Å². The van der Waals surface area contributed by atoms with Crippen molar-refractivity contribution >= 4 is 23.5 Å². The Bertz CT molecular complexity index is 808. The van der Waals surface area contributed by atoms with Crippen LogP contribution in [-0.4, -0.2) is 17.8 Å². The van der Waals surface area contributed by atoms with Crippen LogP contribution in [0.25, 0.3) is 0 Å². The van der Waals surface area contributed by atoms with E-state index in [1.807, 2.05) is 0 Å². The number of urea groups is 1. The summed E-state index contributed by atoms with van der Waals surface area (Å²) in [6, 6.07) is 13.6. The maximum Gasteiger partial charge on any atom is 0.322 e. The van der Waals surface area contributed by atoms with Crippen LogP contribution in [0.5, 0.6) is 0 Å². The molecular formula is C18H16FN3O3. The van der Waals surface area contributed by atoms with Crippen molar-refractivity contribution in [3.8, 4) is 0 Å². The van der Waals surface area contributed by atoms with Crippen molar-refractivity contribution in [1.82, 2.24) is 10.6 Å². The lowest BCUT2D eigenvalue weighted by Gasteiger charge is -2.26. The molecule has 1 aliphatic heterocycles. The molecule has 1 saturated heterocycles. The highest BCUT2D eigenvalue weighted by Crippen LogP contribution is 2.30. The van der Waals surface area contributed by atoms with E-state index >= 15 is 0 Å². The number of carbonyl (C=O) groups excluding carboxylic acids is 3. The molecule has 1 atom stereocenters. The minimum absolute atomic E-state index is 0.0000291. The summed E-state index contributed by atoms with van der Waals surface area (Å²) in [5, 5.41) is 7.49. The lowest BCUT2D eigenvalue weighted by atomic mass is 9.85. The summed E-state index contributed by atoms with van der Waals surface area (Å²) in [5.74, 6) is -1.22. The van der Waals surface area contributed by atoms with Crippen LogP contribution in [0.3, 0.4) is 0 Å². The van der Waals surface area contributed by atoms with Crippen molar-refractivity contribution in [3.05, 3.63) is 66.0 Å². The molecule has 1 unspecified atom stereocenters. The maximum atomic E-state index is 12.9. The van der Waals surface area contributed by atoms with Crippen LogP contribution in [0.2, 0.25) is 0 Å². The highest BCUT2D eigenvalue weighted by Gasteiger charge is 2.47. The third kappa shape index (κ3) is 3.50. The predicted molar refractivity (Wildman–Crippen MR) is 89.1 cm³/mol. The number of hydrogen-bond acceptors (Lipinski definition) is 3.